The summed E-state index contributed by atoms with van der Waals surface area (Å²) in [5, 5.41) is 6.56. The fraction of sp³-hybridized carbons (Fsp3) is 0.308. The van der Waals surface area contributed by atoms with Crippen LogP contribution in [-0.4, -0.2) is 16.0 Å². The number of aryl methyl sites for hydroxylation is 3. The lowest BCUT2D eigenvalue weighted by molar-refractivity contribution is -0.115. The highest BCUT2D eigenvalue weighted by molar-refractivity contribution is 5.91. The van der Waals surface area contributed by atoms with E-state index in [0.29, 0.717) is 11.6 Å². The Morgan fingerprint density at radius 1 is 1.33 bits per heavy atom. The second-order valence-corrected chi connectivity index (χ2v) is 4.25. The van der Waals surface area contributed by atoms with E-state index in [1.807, 2.05) is 19.9 Å². The number of pyridine rings is 1. The van der Waals surface area contributed by atoms with Crippen LogP contribution in [0.15, 0.2) is 22.9 Å². The normalized spacial score (nSPS) is 10.4. The maximum atomic E-state index is 11.8. The van der Waals surface area contributed by atoms with Crippen LogP contribution in [0.5, 0.6) is 0 Å². The van der Waals surface area contributed by atoms with Gasteiger partial charge < -0.3 is 9.84 Å². The number of nitrogens with zero attached hydrogens (tertiary/aromatic N) is 2. The molecule has 2 aromatic rings. The molecule has 1 N–H and O–H groups in total. The molecule has 0 unspecified atom stereocenters. The molecule has 0 aliphatic heterocycles. The molecule has 0 aromatic carbocycles. The Bertz CT molecular complexity index is 539. The number of rotatable bonds is 3. The summed E-state index contributed by atoms with van der Waals surface area (Å²) in [6, 6.07) is 3.68. The summed E-state index contributed by atoms with van der Waals surface area (Å²) < 4.78 is 5.02. The van der Waals surface area contributed by atoms with Gasteiger partial charge in [-0.15, -0.1) is 0 Å². The van der Waals surface area contributed by atoms with Gasteiger partial charge in [0.1, 0.15) is 11.6 Å². The van der Waals surface area contributed by atoms with E-state index in [1.165, 1.54) is 0 Å². The van der Waals surface area contributed by atoms with Crippen LogP contribution >= 0.6 is 0 Å². The van der Waals surface area contributed by atoms with Crippen molar-refractivity contribution in [1.29, 1.82) is 0 Å². The first kappa shape index (κ1) is 12.3. The van der Waals surface area contributed by atoms with E-state index < -0.39 is 0 Å². The molecule has 5 nitrogen and oxygen atoms in total. The Labute approximate surface area is 105 Å². The number of nitrogens with one attached hydrogen (secondary N) is 1. The van der Waals surface area contributed by atoms with E-state index in [1.54, 1.807) is 19.2 Å². The van der Waals surface area contributed by atoms with Gasteiger partial charge in [-0.25, -0.2) is 4.98 Å². The van der Waals surface area contributed by atoms with Gasteiger partial charge in [-0.2, -0.15) is 0 Å². The number of hydrogen-bond donors (Lipinski definition) is 1. The molecule has 5 heteroatoms. The number of anilines is 1. The van der Waals surface area contributed by atoms with Crippen LogP contribution in [0, 0.1) is 20.8 Å². The van der Waals surface area contributed by atoms with E-state index in [0.717, 1.165) is 16.8 Å². The Kier molecular flexibility index (Phi) is 3.41. The minimum atomic E-state index is -0.124. The summed E-state index contributed by atoms with van der Waals surface area (Å²) in [5.41, 5.74) is 2.64. The van der Waals surface area contributed by atoms with E-state index in [9.17, 15) is 4.79 Å². The first-order valence-corrected chi connectivity index (χ1v) is 5.70. The van der Waals surface area contributed by atoms with E-state index in [2.05, 4.69) is 15.5 Å². The maximum absolute atomic E-state index is 11.8. The van der Waals surface area contributed by atoms with Crippen LogP contribution in [-0.2, 0) is 11.2 Å². The number of hydrogen-bond acceptors (Lipinski definition) is 4. The van der Waals surface area contributed by atoms with Crippen molar-refractivity contribution in [3.8, 4) is 0 Å². The third-order valence-electron chi connectivity index (χ3n) is 2.70. The molecule has 2 heterocycles. The highest BCUT2D eigenvalue weighted by Gasteiger charge is 2.13. The van der Waals surface area contributed by atoms with Gasteiger partial charge in [-0.3, -0.25) is 4.79 Å². The molecule has 0 saturated heterocycles. The highest BCUT2D eigenvalue weighted by atomic mass is 16.5. The lowest BCUT2D eigenvalue weighted by Gasteiger charge is -2.04. The van der Waals surface area contributed by atoms with Crippen molar-refractivity contribution in [3.05, 3.63) is 40.9 Å². The Balaban J connectivity index is 2.03. The van der Waals surface area contributed by atoms with Crippen LogP contribution < -0.4 is 5.32 Å². The van der Waals surface area contributed by atoms with Crippen LogP contribution in [0.1, 0.15) is 22.6 Å². The summed E-state index contributed by atoms with van der Waals surface area (Å²) in [6.45, 7) is 5.57. The molecule has 0 bridgehead atoms. The SMILES string of the molecule is Cc1ccc(NC(=O)Cc2c(C)noc2C)nc1. The molecule has 0 aliphatic rings. The zero-order chi connectivity index (χ0) is 13.1. The zero-order valence-electron chi connectivity index (χ0n) is 10.7. The van der Waals surface area contributed by atoms with Crippen molar-refractivity contribution in [2.45, 2.75) is 27.2 Å². The number of carbonyl (C=O) groups excluding carboxylic acids is 1. The van der Waals surface area contributed by atoms with E-state index >= 15 is 0 Å². The average molecular weight is 245 g/mol. The van der Waals surface area contributed by atoms with E-state index in [4.69, 9.17) is 4.52 Å². The molecule has 18 heavy (non-hydrogen) atoms. The molecular weight excluding hydrogens is 230 g/mol. The molecule has 0 radical (unpaired) electrons. The van der Waals surface area contributed by atoms with Gasteiger partial charge in [-0.05, 0) is 32.4 Å². The summed E-state index contributed by atoms with van der Waals surface area (Å²) in [4.78, 5) is 16.0. The van der Waals surface area contributed by atoms with Crippen molar-refractivity contribution >= 4 is 11.7 Å². The van der Waals surface area contributed by atoms with E-state index in [-0.39, 0.29) is 12.3 Å². The first-order valence-electron chi connectivity index (χ1n) is 5.70. The fourth-order valence-electron chi connectivity index (χ4n) is 1.64. The predicted molar refractivity (Wildman–Crippen MR) is 67.3 cm³/mol. The minimum Gasteiger partial charge on any atom is -0.361 e. The van der Waals surface area contributed by atoms with Crippen molar-refractivity contribution in [2.75, 3.05) is 5.32 Å². The fourth-order valence-corrected chi connectivity index (χ4v) is 1.64. The molecule has 0 aliphatic carbocycles. The van der Waals surface area contributed by atoms with Gasteiger partial charge in [0, 0.05) is 11.8 Å². The lowest BCUT2D eigenvalue weighted by Crippen LogP contribution is -2.16. The van der Waals surface area contributed by atoms with Crippen LogP contribution in [0.3, 0.4) is 0 Å². The van der Waals surface area contributed by atoms with Crippen LogP contribution in [0.4, 0.5) is 5.82 Å². The summed E-state index contributed by atoms with van der Waals surface area (Å²) in [6.07, 6.45) is 1.96. The Morgan fingerprint density at radius 2 is 2.11 bits per heavy atom. The lowest BCUT2D eigenvalue weighted by atomic mass is 10.1. The topological polar surface area (TPSA) is 68.0 Å². The maximum Gasteiger partial charge on any atom is 0.230 e. The van der Waals surface area contributed by atoms with Crippen LogP contribution in [0.25, 0.3) is 0 Å². The Hall–Kier alpha value is -2.17. The summed E-state index contributed by atoms with van der Waals surface area (Å²) >= 11 is 0. The highest BCUT2D eigenvalue weighted by Crippen LogP contribution is 2.13. The standard InChI is InChI=1S/C13H15N3O2/c1-8-4-5-12(14-7-8)15-13(17)6-11-9(2)16-18-10(11)3/h4-5,7H,6H2,1-3H3,(H,14,15,17). The van der Waals surface area contributed by atoms with Crippen LogP contribution in [0.2, 0.25) is 0 Å². The largest absolute Gasteiger partial charge is 0.361 e. The van der Waals surface area contributed by atoms with Crippen molar-refractivity contribution in [3.63, 3.8) is 0 Å². The molecule has 2 aromatic heterocycles. The first-order chi connectivity index (χ1) is 8.56. The third kappa shape index (κ3) is 2.74. The molecule has 94 valence electrons. The Morgan fingerprint density at radius 3 is 2.67 bits per heavy atom. The quantitative estimate of drug-likeness (QED) is 0.899. The zero-order valence-corrected chi connectivity index (χ0v) is 10.7. The van der Waals surface area contributed by atoms with Gasteiger partial charge in [0.2, 0.25) is 5.91 Å². The molecule has 2 rings (SSSR count). The monoisotopic (exact) mass is 245 g/mol. The summed E-state index contributed by atoms with van der Waals surface area (Å²) in [5.74, 6) is 1.11. The smallest absolute Gasteiger partial charge is 0.230 e. The summed E-state index contributed by atoms with van der Waals surface area (Å²) in [7, 11) is 0. The molecule has 0 saturated carbocycles. The third-order valence-corrected chi connectivity index (χ3v) is 2.70. The van der Waals surface area contributed by atoms with Crippen molar-refractivity contribution in [1.82, 2.24) is 10.1 Å². The predicted octanol–water partition coefficient (Wildman–Crippen LogP) is 2.18. The molecular formula is C13H15N3O2. The number of aromatic nitrogens is 2. The average Bonchev–Trinajstić information content (AvgIpc) is 2.64. The van der Waals surface area contributed by atoms with Crippen molar-refractivity contribution in [2.24, 2.45) is 0 Å². The van der Waals surface area contributed by atoms with Gasteiger partial charge in [0.25, 0.3) is 0 Å². The molecule has 1 amide bonds. The second-order valence-electron chi connectivity index (χ2n) is 4.25. The molecule has 0 spiro atoms. The molecule has 0 atom stereocenters. The number of amides is 1. The number of carbonyl (C=O) groups is 1. The van der Waals surface area contributed by atoms with Gasteiger partial charge >= 0.3 is 0 Å². The van der Waals surface area contributed by atoms with Gasteiger partial charge in [0.05, 0.1) is 12.1 Å². The van der Waals surface area contributed by atoms with Gasteiger partial charge in [-0.1, -0.05) is 11.2 Å². The second kappa shape index (κ2) is 5.00. The van der Waals surface area contributed by atoms with Crippen molar-refractivity contribution < 1.29 is 9.32 Å². The molecule has 0 fully saturated rings. The minimum absolute atomic E-state index is 0.124. The van der Waals surface area contributed by atoms with Gasteiger partial charge in [0.15, 0.2) is 0 Å².